The molecule has 0 radical (unpaired) electrons. The van der Waals surface area contributed by atoms with E-state index in [1.54, 1.807) is 11.3 Å². The number of nitrogens with zero attached hydrogens (tertiary/aromatic N) is 1. The first-order chi connectivity index (χ1) is 8.31. The third-order valence-electron chi connectivity index (χ3n) is 3.41. The van der Waals surface area contributed by atoms with Crippen LogP contribution in [-0.2, 0) is 17.6 Å². The molecule has 0 spiro atoms. The number of aryl methyl sites for hydroxylation is 2. The van der Waals surface area contributed by atoms with Crippen molar-refractivity contribution in [2.24, 2.45) is 0 Å². The maximum absolute atomic E-state index is 11.5. The van der Waals surface area contributed by atoms with Crippen LogP contribution in [0.25, 0.3) is 0 Å². The Bertz CT molecular complexity index is 408. The van der Waals surface area contributed by atoms with Crippen LogP contribution in [0.4, 0.5) is 5.13 Å². The summed E-state index contributed by atoms with van der Waals surface area (Å²) in [4.78, 5) is 17.5. The lowest BCUT2D eigenvalue weighted by molar-refractivity contribution is -0.120. The number of carbonyl (C=O) groups is 1. The molecule has 1 aromatic rings. The van der Waals surface area contributed by atoms with Crippen LogP contribution in [0, 0.1) is 0 Å². The summed E-state index contributed by atoms with van der Waals surface area (Å²) in [5.74, 6) is 0.157. The largest absolute Gasteiger partial charge is 0.358 e. The average molecular weight is 251 g/mol. The Kier molecular flexibility index (Phi) is 3.01. The molecule has 1 aliphatic heterocycles. The zero-order valence-corrected chi connectivity index (χ0v) is 10.6. The molecule has 1 fully saturated rings. The van der Waals surface area contributed by atoms with Gasteiger partial charge in [0.25, 0.3) is 0 Å². The monoisotopic (exact) mass is 251 g/mol. The Morgan fingerprint density at radius 1 is 1.35 bits per heavy atom. The number of anilines is 1. The Labute approximate surface area is 105 Å². The molecule has 5 heteroatoms. The molecule has 1 unspecified atom stereocenters. The van der Waals surface area contributed by atoms with Crippen molar-refractivity contribution in [1.82, 2.24) is 10.3 Å². The number of hydrogen-bond acceptors (Lipinski definition) is 4. The normalized spacial score (nSPS) is 24.0. The first-order valence-corrected chi connectivity index (χ1v) is 7.15. The zero-order valence-electron chi connectivity index (χ0n) is 9.79. The fraction of sp³-hybridized carbons (Fsp3) is 0.667. The summed E-state index contributed by atoms with van der Waals surface area (Å²) in [5.41, 5.74) is 1.27. The second kappa shape index (κ2) is 4.64. The van der Waals surface area contributed by atoms with Gasteiger partial charge < -0.3 is 10.6 Å². The van der Waals surface area contributed by atoms with Crippen LogP contribution in [-0.4, -0.2) is 23.5 Å². The van der Waals surface area contributed by atoms with Crippen molar-refractivity contribution in [3.8, 4) is 0 Å². The van der Waals surface area contributed by atoms with Gasteiger partial charge in [0.1, 0.15) is 0 Å². The molecular formula is C12H17N3OS. The zero-order chi connectivity index (χ0) is 11.7. The maximum atomic E-state index is 11.5. The summed E-state index contributed by atoms with van der Waals surface area (Å²) in [6.07, 6.45) is 6.22. The highest BCUT2D eigenvalue weighted by Crippen LogP contribution is 2.31. The Balaban J connectivity index is 1.66. The molecule has 3 rings (SSSR count). The Hall–Kier alpha value is -1.10. The average Bonchev–Trinajstić information content (AvgIpc) is 2.78. The highest BCUT2D eigenvalue weighted by molar-refractivity contribution is 7.15. The highest BCUT2D eigenvalue weighted by atomic mass is 32.1. The molecular weight excluding hydrogens is 234 g/mol. The molecule has 17 heavy (non-hydrogen) atoms. The third-order valence-corrected chi connectivity index (χ3v) is 4.50. The van der Waals surface area contributed by atoms with Gasteiger partial charge >= 0.3 is 0 Å². The summed E-state index contributed by atoms with van der Waals surface area (Å²) in [5, 5.41) is 7.34. The molecule has 0 bridgehead atoms. The van der Waals surface area contributed by atoms with Gasteiger partial charge in [0.05, 0.1) is 5.69 Å². The summed E-state index contributed by atoms with van der Waals surface area (Å²) in [7, 11) is 0. The lowest BCUT2D eigenvalue weighted by Crippen LogP contribution is -2.26. The highest BCUT2D eigenvalue weighted by Gasteiger charge is 2.21. The van der Waals surface area contributed by atoms with Crippen molar-refractivity contribution in [2.75, 3.05) is 11.9 Å². The minimum absolute atomic E-state index is 0.157. The van der Waals surface area contributed by atoms with Crippen LogP contribution >= 0.6 is 11.3 Å². The number of aromatic nitrogens is 1. The molecule has 2 N–H and O–H groups in total. The first kappa shape index (κ1) is 11.0. The molecule has 1 saturated heterocycles. The van der Waals surface area contributed by atoms with E-state index in [-0.39, 0.29) is 11.9 Å². The van der Waals surface area contributed by atoms with E-state index >= 15 is 0 Å². The SMILES string of the molecule is O=C1CC(Nc2nc3c(s2)CCC3)CCCN1. The fourth-order valence-electron chi connectivity index (χ4n) is 2.52. The molecule has 0 saturated carbocycles. The van der Waals surface area contributed by atoms with E-state index in [4.69, 9.17) is 0 Å². The molecule has 0 aromatic carbocycles. The van der Waals surface area contributed by atoms with E-state index in [0.29, 0.717) is 6.42 Å². The van der Waals surface area contributed by atoms with Gasteiger partial charge in [-0.05, 0) is 32.1 Å². The summed E-state index contributed by atoms with van der Waals surface area (Å²) < 4.78 is 0. The molecule has 92 valence electrons. The van der Waals surface area contributed by atoms with E-state index in [1.165, 1.54) is 23.4 Å². The van der Waals surface area contributed by atoms with Gasteiger partial charge in [0.15, 0.2) is 5.13 Å². The number of hydrogen-bond donors (Lipinski definition) is 2. The first-order valence-electron chi connectivity index (χ1n) is 6.33. The van der Waals surface area contributed by atoms with Gasteiger partial charge in [0.2, 0.25) is 5.91 Å². The number of nitrogens with one attached hydrogen (secondary N) is 2. The standard InChI is InChI=1S/C12H17N3OS/c16-11-7-8(3-2-6-13-11)14-12-15-9-4-1-5-10(9)17-12/h8H,1-7H2,(H,13,16)(H,14,15). The van der Waals surface area contributed by atoms with Gasteiger partial charge in [0, 0.05) is 23.9 Å². The second-order valence-electron chi connectivity index (χ2n) is 4.78. The van der Waals surface area contributed by atoms with Crippen LogP contribution in [0.5, 0.6) is 0 Å². The molecule has 2 aliphatic rings. The molecule has 2 heterocycles. The van der Waals surface area contributed by atoms with E-state index in [2.05, 4.69) is 15.6 Å². The van der Waals surface area contributed by atoms with Gasteiger partial charge in [-0.15, -0.1) is 11.3 Å². The van der Waals surface area contributed by atoms with E-state index in [0.717, 1.165) is 30.9 Å². The van der Waals surface area contributed by atoms with Gasteiger partial charge in [-0.25, -0.2) is 4.98 Å². The molecule has 1 aromatic heterocycles. The Morgan fingerprint density at radius 3 is 3.18 bits per heavy atom. The van der Waals surface area contributed by atoms with Crippen molar-refractivity contribution in [1.29, 1.82) is 0 Å². The molecule has 4 nitrogen and oxygen atoms in total. The molecule has 1 amide bonds. The minimum Gasteiger partial charge on any atom is -0.358 e. The maximum Gasteiger partial charge on any atom is 0.222 e. The van der Waals surface area contributed by atoms with Crippen LogP contribution in [0.1, 0.15) is 36.3 Å². The topological polar surface area (TPSA) is 54.0 Å². The van der Waals surface area contributed by atoms with Crippen LogP contribution in [0.3, 0.4) is 0 Å². The predicted octanol–water partition coefficient (Wildman–Crippen LogP) is 1.71. The van der Waals surface area contributed by atoms with Crippen molar-refractivity contribution >= 4 is 22.4 Å². The van der Waals surface area contributed by atoms with Crippen molar-refractivity contribution < 1.29 is 4.79 Å². The number of amides is 1. The number of thiazole rings is 1. The van der Waals surface area contributed by atoms with Crippen molar-refractivity contribution in [3.05, 3.63) is 10.6 Å². The van der Waals surface area contributed by atoms with E-state index in [9.17, 15) is 4.79 Å². The lowest BCUT2D eigenvalue weighted by atomic mass is 10.1. The van der Waals surface area contributed by atoms with Crippen LogP contribution < -0.4 is 10.6 Å². The molecule has 1 aliphatic carbocycles. The fourth-order valence-corrected chi connectivity index (χ4v) is 3.65. The number of rotatable bonds is 2. The van der Waals surface area contributed by atoms with Crippen molar-refractivity contribution in [2.45, 2.75) is 44.6 Å². The van der Waals surface area contributed by atoms with E-state index in [1.807, 2.05) is 0 Å². The predicted molar refractivity (Wildman–Crippen MR) is 68.4 cm³/mol. The smallest absolute Gasteiger partial charge is 0.222 e. The van der Waals surface area contributed by atoms with Crippen LogP contribution in [0.15, 0.2) is 0 Å². The summed E-state index contributed by atoms with van der Waals surface area (Å²) in [6, 6.07) is 0.253. The second-order valence-corrected chi connectivity index (χ2v) is 5.86. The summed E-state index contributed by atoms with van der Waals surface area (Å²) in [6.45, 7) is 0.811. The number of fused-ring (bicyclic) bond motifs is 1. The van der Waals surface area contributed by atoms with Crippen LogP contribution in [0.2, 0.25) is 0 Å². The Morgan fingerprint density at radius 2 is 2.29 bits per heavy atom. The van der Waals surface area contributed by atoms with Gasteiger partial charge in [-0.3, -0.25) is 4.79 Å². The number of carbonyl (C=O) groups excluding carboxylic acids is 1. The molecule has 1 atom stereocenters. The van der Waals surface area contributed by atoms with E-state index < -0.39 is 0 Å². The lowest BCUT2D eigenvalue weighted by Gasteiger charge is -2.13. The van der Waals surface area contributed by atoms with Gasteiger partial charge in [-0.1, -0.05) is 0 Å². The minimum atomic E-state index is 0.157. The third kappa shape index (κ3) is 2.44. The summed E-state index contributed by atoms with van der Waals surface area (Å²) >= 11 is 1.77. The van der Waals surface area contributed by atoms with Crippen molar-refractivity contribution in [3.63, 3.8) is 0 Å². The van der Waals surface area contributed by atoms with Gasteiger partial charge in [-0.2, -0.15) is 0 Å². The quantitative estimate of drug-likeness (QED) is 0.841.